The molecule has 3 heteroatoms. The Labute approximate surface area is 114 Å². The zero-order valence-electron chi connectivity index (χ0n) is 11.1. The van der Waals surface area contributed by atoms with E-state index in [1.54, 1.807) is 11.8 Å². The maximum atomic E-state index is 12.2. The number of ketones is 1. The second kappa shape index (κ2) is 6.39. The standard InChI is InChI=1S/C15H21NOS/c1-11-4-3-5-13(16-11)10-15(17)12-6-8-14(18-2)9-7-12/h6-9,11,13,16H,3-5,10H2,1-2H3. The van der Waals surface area contributed by atoms with E-state index in [0.717, 1.165) is 12.0 Å². The van der Waals surface area contributed by atoms with Crippen LogP contribution in [0.1, 0.15) is 43.0 Å². The highest BCUT2D eigenvalue weighted by Gasteiger charge is 2.20. The molecule has 1 aromatic rings. The molecule has 1 N–H and O–H groups in total. The number of piperidine rings is 1. The van der Waals surface area contributed by atoms with Gasteiger partial charge in [-0.1, -0.05) is 18.6 Å². The van der Waals surface area contributed by atoms with Crippen LogP contribution in [0.5, 0.6) is 0 Å². The number of hydrogen-bond donors (Lipinski definition) is 1. The first-order valence-corrected chi connectivity index (χ1v) is 7.85. The number of Topliss-reactive ketones (excluding diaryl/α,β-unsaturated/α-hetero) is 1. The summed E-state index contributed by atoms with van der Waals surface area (Å²) >= 11 is 1.70. The highest BCUT2D eigenvalue weighted by molar-refractivity contribution is 7.98. The summed E-state index contributed by atoms with van der Waals surface area (Å²) in [6.45, 7) is 2.20. The Morgan fingerprint density at radius 1 is 1.33 bits per heavy atom. The maximum Gasteiger partial charge on any atom is 0.164 e. The molecular formula is C15H21NOS. The molecule has 0 bridgehead atoms. The first kappa shape index (κ1) is 13.6. The van der Waals surface area contributed by atoms with Gasteiger partial charge in [-0.3, -0.25) is 4.79 Å². The van der Waals surface area contributed by atoms with E-state index in [9.17, 15) is 4.79 Å². The summed E-state index contributed by atoms with van der Waals surface area (Å²) in [5, 5.41) is 3.51. The van der Waals surface area contributed by atoms with Crippen LogP contribution in [0, 0.1) is 0 Å². The minimum absolute atomic E-state index is 0.259. The van der Waals surface area contributed by atoms with Gasteiger partial charge in [-0.25, -0.2) is 0 Å². The third-order valence-electron chi connectivity index (χ3n) is 3.55. The number of rotatable bonds is 4. The predicted molar refractivity (Wildman–Crippen MR) is 77.4 cm³/mol. The highest BCUT2D eigenvalue weighted by Crippen LogP contribution is 2.19. The Hall–Kier alpha value is -0.800. The Morgan fingerprint density at radius 2 is 2.06 bits per heavy atom. The van der Waals surface area contributed by atoms with Crippen molar-refractivity contribution in [3.8, 4) is 0 Å². The van der Waals surface area contributed by atoms with Gasteiger partial charge in [-0.2, -0.15) is 0 Å². The van der Waals surface area contributed by atoms with Gasteiger partial charge in [0.05, 0.1) is 0 Å². The molecule has 98 valence electrons. The number of nitrogens with one attached hydrogen (secondary N) is 1. The van der Waals surface area contributed by atoms with Gasteiger partial charge >= 0.3 is 0 Å². The van der Waals surface area contributed by atoms with Crippen molar-refractivity contribution in [3.05, 3.63) is 29.8 Å². The summed E-state index contributed by atoms with van der Waals surface area (Å²) in [5.41, 5.74) is 0.841. The minimum atomic E-state index is 0.259. The van der Waals surface area contributed by atoms with Gasteiger partial charge in [0.25, 0.3) is 0 Å². The van der Waals surface area contributed by atoms with E-state index in [1.807, 2.05) is 30.5 Å². The summed E-state index contributed by atoms with van der Waals surface area (Å²) < 4.78 is 0. The average molecular weight is 263 g/mol. The van der Waals surface area contributed by atoms with Crippen LogP contribution in [0.15, 0.2) is 29.2 Å². The van der Waals surface area contributed by atoms with Gasteiger partial charge in [-0.15, -0.1) is 11.8 Å². The largest absolute Gasteiger partial charge is 0.311 e. The molecule has 1 aliphatic rings. The quantitative estimate of drug-likeness (QED) is 0.666. The van der Waals surface area contributed by atoms with E-state index < -0.39 is 0 Å². The molecule has 0 radical (unpaired) electrons. The van der Waals surface area contributed by atoms with E-state index in [0.29, 0.717) is 18.5 Å². The fourth-order valence-corrected chi connectivity index (χ4v) is 2.93. The second-order valence-corrected chi connectivity index (χ2v) is 5.93. The van der Waals surface area contributed by atoms with Gasteiger partial charge in [0.2, 0.25) is 0 Å². The third kappa shape index (κ3) is 3.59. The van der Waals surface area contributed by atoms with Crippen molar-refractivity contribution >= 4 is 17.5 Å². The molecule has 0 saturated carbocycles. The first-order chi connectivity index (χ1) is 8.69. The van der Waals surface area contributed by atoms with E-state index in [4.69, 9.17) is 0 Å². The Balaban J connectivity index is 1.94. The molecule has 2 atom stereocenters. The van der Waals surface area contributed by atoms with Crippen molar-refractivity contribution in [1.29, 1.82) is 0 Å². The molecule has 0 amide bonds. The van der Waals surface area contributed by atoms with Crippen LogP contribution in [0.3, 0.4) is 0 Å². The Bertz CT molecular complexity index is 401. The molecule has 2 unspecified atom stereocenters. The minimum Gasteiger partial charge on any atom is -0.311 e. The number of carbonyl (C=O) groups is 1. The van der Waals surface area contributed by atoms with E-state index >= 15 is 0 Å². The predicted octanol–water partition coefficient (Wildman–Crippen LogP) is 3.51. The third-order valence-corrected chi connectivity index (χ3v) is 4.30. The van der Waals surface area contributed by atoms with Crippen LogP contribution in [-0.2, 0) is 0 Å². The zero-order chi connectivity index (χ0) is 13.0. The normalized spacial score (nSPS) is 23.9. The molecular weight excluding hydrogens is 242 g/mol. The molecule has 0 aliphatic carbocycles. The van der Waals surface area contributed by atoms with E-state index in [1.165, 1.54) is 17.7 Å². The van der Waals surface area contributed by atoms with Crippen LogP contribution in [0.4, 0.5) is 0 Å². The summed E-state index contributed by atoms with van der Waals surface area (Å²) in [6.07, 6.45) is 6.26. The van der Waals surface area contributed by atoms with Gasteiger partial charge in [0.15, 0.2) is 5.78 Å². The van der Waals surface area contributed by atoms with Crippen molar-refractivity contribution in [2.45, 2.75) is 49.6 Å². The van der Waals surface area contributed by atoms with Crippen molar-refractivity contribution in [2.75, 3.05) is 6.26 Å². The van der Waals surface area contributed by atoms with Crippen LogP contribution in [0.2, 0.25) is 0 Å². The molecule has 2 nitrogen and oxygen atoms in total. The lowest BCUT2D eigenvalue weighted by Crippen LogP contribution is -2.41. The number of benzene rings is 1. The fraction of sp³-hybridized carbons (Fsp3) is 0.533. The maximum absolute atomic E-state index is 12.2. The fourth-order valence-electron chi connectivity index (χ4n) is 2.52. The molecule has 1 fully saturated rings. The molecule has 1 aromatic carbocycles. The van der Waals surface area contributed by atoms with Crippen LogP contribution >= 0.6 is 11.8 Å². The van der Waals surface area contributed by atoms with Gasteiger partial charge in [-0.05, 0) is 38.2 Å². The molecule has 1 aliphatic heterocycles. The van der Waals surface area contributed by atoms with E-state index in [2.05, 4.69) is 12.2 Å². The first-order valence-electron chi connectivity index (χ1n) is 6.62. The number of thioether (sulfide) groups is 1. The monoisotopic (exact) mass is 263 g/mol. The SMILES string of the molecule is CSc1ccc(C(=O)CC2CCCC(C)N2)cc1. The Morgan fingerprint density at radius 3 is 2.67 bits per heavy atom. The average Bonchev–Trinajstić information content (AvgIpc) is 2.39. The van der Waals surface area contributed by atoms with Gasteiger partial charge < -0.3 is 5.32 Å². The lowest BCUT2D eigenvalue weighted by molar-refractivity contribution is 0.0960. The summed E-state index contributed by atoms with van der Waals surface area (Å²) in [5.74, 6) is 0.259. The highest BCUT2D eigenvalue weighted by atomic mass is 32.2. The van der Waals surface area contributed by atoms with Crippen LogP contribution in [-0.4, -0.2) is 24.1 Å². The van der Waals surface area contributed by atoms with Crippen molar-refractivity contribution in [3.63, 3.8) is 0 Å². The molecule has 1 saturated heterocycles. The van der Waals surface area contributed by atoms with Crippen LogP contribution in [0.25, 0.3) is 0 Å². The molecule has 0 spiro atoms. The van der Waals surface area contributed by atoms with Crippen molar-refractivity contribution < 1.29 is 4.79 Å². The molecule has 0 aromatic heterocycles. The lowest BCUT2D eigenvalue weighted by Gasteiger charge is -2.28. The van der Waals surface area contributed by atoms with Gasteiger partial charge in [0.1, 0.15) is 0 Å². The van der Waals surface area contributed by atoms with Crippen LogP contribution < -0.4 is 5.32 Å². The topological polar surface area (TPSA) is 29.1 Å². The van der Waals surface area contributed by atoms with Gasteiger partial charge in [0, 0.05) is 29.0 Å². The molecule has 2 rings (SSSR count). The summed E-state index contributed by atoms with van der Waals surface area (Å²) in [4.78, 5) is 13.4. The molecule has 1 heterocycles. The Kier molecular flexibility index (Phi) is 4.84. The number of carbonyl (C=O) groups excluding carboxylic acids is 1. The van der Waals surface area contributed by atoms with E-state index in [-0.39, 0.29) is 5.78 Å². The number of hydrogen-bond acceptors (Lipinski definition) is 3. The lowest BCUT2D eigenvalue weighted by atomic mass is 9.94. The molecule has 18 heavy (non-hydrogen) atoms. The van der Waals surface area contributed by atoms with Crippen molar-refractivity contribution in [1.82, 2.24) is 5.32 Å². The second-order valence-electron chi connectivity index (χ2n) is 5.05. The smallest absolute Gasteiger partial charge is 0.164 e. The zero-order valence-corrected chi connectivity index (χ0v) is 11.9. The van der Waals surface area contributed by atoms with Crippen molar-refractivity contribution in [2.24, 2.45) is 0 Å². The summed E-state index contributed by atoms with van der Waals surface area (Å²) in [6, 6.07) is 8.85. The summed E-state index contributed by atoms with van der Waals surface area (Å²) in [7, 11) is 0.